The first-order chi connectivity index (χ1) is 7.03. The Kier molecular flexibility index (Phi) is 2.44. The maximum Gasteiger partial charge on any atom is 0.192 e. The van der Waals surface area contributed by atoms with E-state index in [9.17, 15) is 8.42 Å². The van der Waals surface area contributed by atoms with Gasteiger partial charge in [0, 0.05) is 0 Å². The van der Waals surface area contributed by atoms with Crippen LogP contribution in [0.2, 0.25) is 0 Å². The van der Waals surface area contributed by atoms with E-state index in [4.69, 9.17) is 11.6 Å². The minimum atomic E-state index is -3.36. The molecule has 0 spiro atoms. The smallest absolute Gasteiger partial charge is 0.192 e. The van der Waals surface area contributed by atoms with Crippen molar-refractivity contribution >= 4 is 32.5 Å². The van der Waals surface area contributed by atoms with E-state index in [0.717, 1.165) is 11.3 Å². The van der Waals surface area contributed by atoms with Gasteiger partial charge in [-0.05, 0) is 25.1 Å². The van der Waals surface area contributed by atoms with E-state index in [1.807, 2.05) is 6.92 Å². The van der Waals surface area contributed by atoms with Crippen LogP contribution in [0.25, 0.3) is 11.0 Å². The Balaban J connectivity index is 2.66. The van der Waals surface area contributed by atoms with Gasteiger partial charge >= 0.3 is 0 Å². The summed E-state index contributed by atoms with van der Waals surface area (Å²) in [6.07, 6.45) is 0. The summed E-state index contributed by atoms with van der Waals surface area (Å²) < 4.78 is 23.0. The summed E-state index contributed by atoms with van der Waals surface area (Å²) in [5, 5.41) is -0.411. The second-order valence-corrected chi connectivity index (χ2v) is 5.80. The summed E-state index contributed by atoms with van der Waals surface area (Å²) in [5.74, 6) is 0.755. The standard InChI is InChI=1S/C9H9ClN2O2S/c1-6-11-8-3-2-7(4-9(8)12-6)15(13,14)5-10/h2-4H,5H2,1H3,(H,11,12). The summed E-state index contributed by atoms with van der Waals surface area (Å²) in [5.41, 5.74) is 1.46. The number of nitrogens with one attached hydrogen (secondary N) is 1. The lowest BCUT2D eigenvalue weighted by Crippen LogP contribution is -2.01. The molecule has 0 unspecified atom stereocenters. The molecule has 0 aliphatic rings. The third kappa shape index (κ3) is 1.85. The maximum atomic E-state index is 11.5. The molecular weight excluding hydrogens is 236 g/mol. The summed E-state index contributed by atoms with van der Waals surface area (Å²) >= 11 is 5.37. The van der Waals surface area contributed by atoms with Gasteiger partial charge in [-0.15, -0.1) is 11.6 Å². The van der Waals surface area contributed by atoms with Crippen LogP contribution in [0.4, 0.5) is 0 Å². The number of aromatic nitrogens is 2. The molecule has 1 heterocycles. The first-order valence-electron chi connectivity index (χ1n) is 4.28. The van der Waals surface area contributed by atoms with Crippen LogP contribution in [0.15, 0.2) is 23.1 Å². The van der Waals surface area contributed by atoms with Crippen LogP contribution in [-0.2, 0) is 9.84 Å². The van der Waals surface area contributed by atoms with Crippen LogP contribution >= 0.6 is 11.6 Å². The number of rotatable bonds is 2. The van der Waals surface area contributed by atoms with Gasteiger partial charge in [0.25, 0.3) is 0 Å². The van der Waals surface area contributed by atoms with E-state index in [-0.39, 0.29) is 4.90 Å². The molecule has 0 bridgehead atoms. The average Bonchev–Trinajstić information content (AvgIpc) is 2.56. The van der Waals surface area contributed by atoms with E-state index < -0.39 is 15.0 Å². The Morgan fingerprint density at radius 1 is 1.47 bits per heavy atom. The highest BCUT2D eigenvalue weighted by atomic mass is 35.5. The van der Waals surface area contributed by atoms with Gasteiger partial charge in [0.1, 0.15) is 11.0 Å². The van der Waals surface area contributed by atoms with Crippen LogP contribution in [-0.4, -0.2) is 23.6 Å². The molecule has 1 aromatic carbocycles. The average molecular weight is 245 g/mol. The Morgan fingerprint density at radius 2 is 2.20 bits per heavy atom. The molecule has 0 saturated carbocycles. The number of sulfone groups is 1. The Bertz CT molecular complexity index is 604. The Labute approximate surface area is 92.2 Å². The number of alkyl halides is 1. The monoisotopic (exact) mass is 244 g/mol. The van der Waals surface area contributed by atoms with Gasteiger partial charge in [0.15, 0.2) is 9.84 Å². The van der Waals surface area contributed by atoms with Crippen molar-refractivity contribution in [2.45, 2.75) is 11.8 Å². The van der Waals surface area contributed by atoms with Crippen molar-refractivity contribution in [3.05, 3.63) is 24.0 Å². The predicted octanol–water partition coefficient (Wildman–Crippen LogP) is 1.84. The lowest BCUT2D eigenvalue weighted by molar-refractivity contribution is 0.600. The molecule has 15 heavy (non-hydrogen) atoms. The second kappa shape index (κ2) is 3.50. The lowest BCUT2D eigenvalue weighted by Gasteiger charge is -1.99. The predicted molar refractivity (Wildman–Crippen MR) is 58.7 cm³/mol. The highest BCUT2D eigenvalue weighted by Crippen LogP contribution is 2.18. The SMILES string of the molecule is Cc1nc2ccc(S(=O)(=O)CCl)cc2[nH]1. The number of aromatic amines is 1. The van der Waals surface area contributed by atoms with Crippen molar-refractivity contribution in [1.29, 1.82) is 0 Å². The fourth-order valence-corrected chi connectivity index (χ4v) is 2.45. The molecule has 6 heteroatoms. The molecule has 1 aromatic heterocycles. The number of aryl methyl sites for hydroxylation is 1. The lowest BCUT2D eigenvalue weighted by atomic mass is 10.3. The molecule has 1 N–H and O–H groups in total. The fraction of sp³-hybridized carbons (Fsp3) is 0.222. The van der Waals surface area contributed by atoms with Crippen molar-refractivity contribution < 1.29 is 8.42 Å². The van der Waals surface area contributed by atoms with E-state index in [0.29, 0.717) is 5.52 Å². The Morgan fingerprint density at radius 3 is 2.87 bits per heavy atom. The van der Waals surface area contributed by atoms with Crippen molar-refractivity contribution in [1.82, 2.24) is 9.97 Å². The minimum Gasteiger partial charge on any atom is -0.342 e. The fourth-order valence-electron chi connectivity index (χ4n) is 1.37. The summed E-state index contributed by atoms with van der Waals surface area (Å²) in [6.45, 7) is 1.82. The van der Waals surface area contributed by atoms with Crippen molar-refractivity contribution in [2.75, 3.05) is 5.21 Å². The van der Waals surface area contributed by atoms with Gasteiger partial charge in [-0.1, -0.05) is 0 Å². The van der Waals surface area contributed by atoms with Crippen LogP contribution in [0, 0.1) is 6.92 Å². The second-order valence-electron chi connectivity index (χ2n) is 3.23. The minimum absolute atomic E-state index is 0.216. The van der Waals surface area contributed by atoms with Crippen molar-refractivity contribution in [3.8, 4) is 0 Å². The molecule has 0 atom stereocenters. The normalized spacial score (nSPS) is 12.1. The molecule has 0 amide bonds. The zero-order valence-corrected chi connectivity index (χ0v) is 9.56. The number of benzene rings is 1. The third-order valence-corrected chi connectivity index (χ3v) is 4.20. The van der Waals surface area contributed by atoms with Gasteiger partial charge in [0.05, 0.1) is 15.9 Å². The number of nitrogens with zero attached hydrogens (tertiary/aromatic N) is 1. The van der Waals surface area contributed by atoms with E-state index in [1.165, 1.54) is 6.07 Å². The zero-order valence-electron chi connectivity index (χ0n) is 7.99. The molecular formula is C9H9ClN2O2S. The summed E-state index contributed by atoms with van der Waals surface area (Å²) in [6, 6.07) is 4.73. The molecule has 0 radical (unpaired) electrons. The van der Waals surface area contributed by atoms with Gasteiger partial charge in [-0.3, -0.25) is 0 Å². The molecule has 0 saturated heterocycles. The van der Waals surface area contributed by atoms with Crippen LogP contribution < -0.4 is 0 Å². The largest absolute Gasteiger partial charge is 0.342 e. The first-order valence-corrected chi connectivity index (χ1v) is 6.47. The topological polar surface area (TPSA) is 62.8 Å². The summed E-state index contributed by atoms with van der Waals surface area (Å²) in [7, 11) is -3.36. The van der Waals surface area contributed by atoms with E-state index in [2.05, 4.69) is 9.97 Å². The van der Waals surface area contributed by atoms with Gasteiger partial charge in [-0.2, -0.15) is 0 Å². The van der Waals surface area contributed by atoms with Gasteiger partial charge in [0.2, 0.25) is 0 Å². The van der Waals surface area contributed by atoms with E-state index >= 15 is 0 Å². The number of hydrogen-bond donors (Lipinski definition) is 1. The Hall–Kier alpha value is -1.07. The van der Waals surface area contributed by atoms with Crippen LogP contribution in [0.3, 0.4) is 0 Å². The number of halogens is 1. The molecule has 80 valence electrons. The maximum absolute atomic E-state index is 11.5. The number of fused-ring (bicyclic) bond motifs is 1. The molecule has 0 fully saturated rings. The van der Waals surface area contributed by atoms with Gasteiger partial charge in [-0.25, -0.2) is 13.4 Å². The van der Waals surface area contributed by atoms with Crippen LogP contribution in [0.5, 0.6) is 0 Å². The molecule has 2 rings (SSSR count). The molecule has 4 nitrogen and oxygen atoms in total. The van der Waals surface area contributed by atoms with E-state index in [1.54, 1.807) is 12.1 Å². The summed E-state index contributed by atoms with van der Waals surface area (Å²) in [4.78, 5) is 7.37. The van der Waals surface area contributed by atoms with Gasteiger partial charge < -0.3 is 4.98 Å². The quantitative estimate of drug-likeness (QED) is 0.820. The zero-order chi connectivity index (χ0) is 11.1. The van der Waals surface area contributed by atoms with Crippen molar-refractivity contribution in [2.24, 2.45) is 0 Å². The number of H-pyrrole nitrogens is 1. The van der Waals surface area contributed by atoms with Crippen molar-refractivity contribution in [3.63, 3.8) is 0 Å². The third-order valence-electron chi connectivity index (χ3n) is 2.07. The molecule has 2 aromatic rings. The first kappa shape index (κ1) is 10.4. The highest BCUT2D eigenvalue weighted by Gasteiger charge is 2.13. The number of hydrogen-bond acceptors (Lipinski definition) is 3. The number of imidazole rings is 1. The highest BCUT2D eigenvalue weighted by molar-refractivity contribution is 7.92. The van der Waals surface area contributed by atoms with Crippen LogP contribution in [0.1, 0.15) is 5.82 Å². The molecule has 0 aliphatic carbocycles. The molecule has 0 aliphatic heterocycles.